The Morgan fingerprint density at radius 2 is 1.78 bits per heavy atom. The molecule has 0 aromatic rings. The minimum atomic E-state index is -0.702. The fourth-order valence-electron chi connectivity index (χ4n) is 2.81. The van der Waals surface area contributed by atoms with E-state index in [4.69, 9.17) is 5.11 Å². The van der Waals surface area contributed by atoms with Gasteiger partial charge >= 0.3 is 5.97 Å². The largest absolute Gasteiger partial charge is 0.480 e. The van der Waals surface area contributed by atoms with E-state index in [1.54, 1.807) is 0 Å². The molecule has 1 N–H and O–H groups in total. The molecule has 1 aliphatic rings. The monoisotopic (exact) mass is 256 g/mol. The van der Waals surface area contributed by atoms with Gasteiger partial charge in [-0.05, 0) is 45.7 Å². The molecule has 4 heteroatoms. The SMILES string of the molecule is CCC1CCC(N(CCN(C)C)CC(=O)O)CC1. The summed E-state index contributed by atoms with van der Waals surface area (Å²) in [5.41, 5.74) is 0. The van der Waals surface area contributed by atoms with Gasteiger partial charge in [0, 0.05) is 19.1 Å². The van der Waals surface area contributed by atoms with E-state index >= 15 is 0 Å². The van der Waals surface area contributed by atoms with E-state index in [1.807, 2.05) is 14.1 Å². The van der Waals surface area contributed by atoms with Crippen LogP contribution in [-0.2, 0) is 4.79 Å². The first-order chi connectivity index (χ1) is 8.52. The predicted octanol–water partition coefficient (Wildman–Crippen LogP) is 1.90. The van der Waals surface area contributed by atoms with Gasteiger partial charge in [0.2, 0.25) is 0 Å². The molecule has 0 heterocycles. The first-order valence-corrected chi connectivity index (χ1v) is 7.13. The third-order valence-corrected chi connectivity index (χ3v) is 4.08. The highest BCUT2D eigenvalue weighted by Crippen LogP contribution is 2.29. The average Bonchev–Trinajstić information content (AvgIpc) is 2.34. The third kappa shape index (κ3) is 5.36. The van der Waals surface area contributed by atoms with Crippen LogP contribution in [0.25, 0.3) is 0 Å². The van der Waals surface area contributed by atoms with Crippen LogP contribution in [0.3, 0.4) is 0 Å². The number of hydrogen-bond donors (Lipinski definition) is 1. The highest BCUT2D eigenvalue weighted by atomic mass is 16.4. The Hall–Kier alpha value is -0.610. The van der Waals surface area contributed by atoms with E-state index in [-0.39, 0.29) is 6.54 Å². The average molecular weight is 256 g/mol. The van der Waals surface area contributed by atoms with Crippen LogP contribution in [0, 0.1) is 5.92 Å². The van der Waals surface area contributed by atoms with Gasteiger partial charge in [-0.2, -0.15) is 0 Å². The molecule has 0 bridgehead atoms. The smallest absolute Gasteiger partial charge is 0.317 e. The fourth-order valence-corrected chi connectivity index (χ4v) is 2.81. The van der Waals surface area contributed by atoms with Crippen LogP contribution in [0.2, 0.25) is 0 Å². The topological polar surface area (TPSA) is 43.8 Å². The van der Waals surface area contributed by atoms with Crippen LogP contribution in [0.1, 0.15) is 39.0 Å². The maximum atomic E-state index is 11.0. The lowest BCUT2D eigenvalue weighted by Gasteiger charge is -2.36. The first kappa shape index (κ1) is 15.4. The molecule has 0 aliphatic heterocycles. The molecule has 0 aromatic carbocycles. The van der Waals surface area contributed by atoms with E-state index < -0.39 is 5.97 Å². The summed E-state index contributed by atoms with van der Waals surface area (Å²) in [7, 11) is 4.07. The van der Waals surface area contributed by atoms with Crippen molar-refractivity contribution in [2.75, 3.05) is 33.7 Å². The summed E-state index contributed by atoms with van der Waals surface area (Å²) in [4.78, 5) is 15.2. The molecule has 1 rings (SSSR count). The van der Waals surface area contributed by atoms with Crippen molar-refractivity contribution in [3.8, 4) is 0 Å². The van der Waals surface area contributed by atoms with Crippen LogP contribution in [-0.4, -0.2) is 60.6 Å². The van der Waals surface area contributed by atoms with Gasteiger partial charge < -0.3 is 10.0 Å². The summed E-state index contributed by atoms with van der Waals surface area (Å²) in [6.45, 7) is 4.24. The van der Waals surface area contributed by atoms with Gasteiger partial charge in [0.05, 0.1) is 6.54 Å². The Morgan fingerprint density at radius 1 is 1.17 bits per heavy atom. The van der Waals surface area contributed by atoms with Crippen molar-refractivity contribution in [2.45, 2.75) is 45.1 Å². The van der Waals surface area contributed by atoms with Gasteiger partial charge in [-0.3, -0.25) is 9.69 Å². The van der Waals surface area contributed by atoms with E-state index in [0.717, 1.165) is 19.0 Å². The third-order valence-electron chi connectivity index (χ3n) is 4.08. The normalized spacial score (nSPS) is 24.7. The summed E-state index contributed by atoms with van der Waals surface area (Å²) < 4.78 is 0. The number of rotatable bonds is 7. The van der Waals surface area contributed by atoms with Crippen molar-refractivity contribution in [1.82, 2.24) is 9.80 Å². The molecule has 106 valence electrons. The zero-order chi connectivity index (χ0) is 13.5. The number of carboxylic acids is 1. The second-order valence-corrected chi connectivity index (χ2v) is 5.75. The van der Waals surface area contributed by atoms with Crippen molar-refractivity contribution in [3.63, 3.8) is 0 Å². The van der Waals surface area contributed by atoms with E-state index in [9.17, 15) is 4.79 Å². The summed E-state index contributed by atoms with van der Waals surface area (Å²) >= 11 is 0. The highest BCUT2D eigenvalue weighted by molar-refractivity contribution is 5.69. The fraction of sp³-hybridized carbons (Fsp3) is 0.929. The Labute approximate surface area is 111 Å². The number of carbonyl (C=O) groups is 1. The lowest BCUT2D eigenvalue weighted by Crippen LogP contribution is -2.44. The lowest BCUT2D eigenvalue weighted by molar-refractivity contribution is -0.139. The molecule has 0 amide bonds. The second kappa shape index (κ2) is 7.74. The number of aliphatic carboxylic acids is 1. The molecular formula is C14H28N2O2. The second-order valence-electron chi connectivity index (χ2n) is 5.75. The van der Waals surface area contributed by atoms with Crippen molar-refractivity contribution >= 4 is 5.97 Å². The van der Waals surface area contributed by atoms with Gasteiger partial charge in [-0.25, -0.2) is 0 Å². The maximum absolute atomic E-state index is 11.0. The molecule has 0 saturated heterocycles. The van der Waals surface area contributed by atoms with Crippen molar-refractivity contribution in [1.29, 1.82) is 0 Å². The standard InChI is InChI=1S/C14H28N2O2/c1-4-12-5-7-13(8-6-12)16(11-14(17)18)10-9-15(2)3/h12-13H,4-11H2,1-3H3,(H,17,18). The minimum Gasteiger partial charge on any atom is -0.480 e. The molecule has 0 aromatic heterocycles. The number of hydrogen-bond acceptors (Lipinski definition) is 3. The summed E-state index contributed by atoms with van der Waals surface area (Å²) in [6.07, 6.45) is 6.13. The van der Waals surface area contributed by atoms with E-state index in [0.29, 0.717) is 6.04 Å². The summed E-state index contributed by atoms with van der Waals surface area (Å²) in [5, 5.41) is 9.02. The molecule has 18 heavy (non-hydrogen) atoms. The number of carboxylic acid groups (broad SMARTS) is 1. The Bertz CT molecular complexity index is 248. The van der Waals surface area contributed by atoms with Gasteiger partial charge in [-0.15, -0.1) is 0 Å². The zero-order valence-electron chi connectivity index (χ0n) is 12.1. The van der Waals surface area contributed by atoms with Crippen LogP contribution in [0.4, 0.5) is 0 Å². The maximum Gasteiger partial charge on any atom is 0.317 e. The van der Waals surface area contributed by atoms with Gasteiger partial charge in [0.15, 0.2) is 0 Å². The lowest BCUT2D eigenvalue weighted by atomic mass is 9.84. The summed E-state index contributed by atoms with van der Waals surface area (Å²) in [6, 6.07) is 0.476. The number of likely N-dealkylation sites (N-methyl/N-ethyl adjacent to an activating group) is 1. The molecule has 4 nitrogen and oxygen atoms in total. The first-order valence-electron chi connectivity index (χ1n) is 7.13. The molecule has 0 atom stereocenters. The van der Waals surface area contributed by atoms with Crippen molar-refractivity contribution in [3.05, 3.63) is 0 Å². The van der Waals surface area contributed by atoms with Crippen LogP contribution < -0.4 is 0 Å². The molecule has 1 saturated carbocycles. The van der Waals surface area contributed by atoms with E-state index in [2.05, 4.69) is 16.7 Å². The molecule has 0 spiro atoms. The Morgan fingerprint density at radius 3 is 2.22 bits per heavy atom. The minimum absolute atomic E-state index is 0.190. The number of nitrogens with zero attached hydrogens (tertiary/aromatic N) is 2. The zero-order valence-corrected chi connectivity index (χ0v) is 12.1. The predicted molar refractivity (Wildman–Crippen MR) is 73.8 cm³/mol. The van der Waals surface area contributed by atoms with Crippen LogP contribution in [0.15, 0.2) is 0 Å². The quantitative estimate of drug-likeness (QED) is 0.755. The highest BCUT2D eigenvalue weighted by Gasteiger charge is 2.26. The van der Waals surface area contributed by atoms with Gasteiger partial charge in [-0.1, -0.05) is 13.3 Å². The molecule has 0 unspecified atom stereocenters. The van der Waals surface area contributed by atoms with Gasteiger partial charge in [0.25, 0.3) is 0 Å². The van der Waals surface area contributed by atoms with Crippen molar-refractivity contribution < 1.29 is 9.90 Å². The molecular weight excluding hydrogens is 228 g/mol. The molecule has 1 fully saturated rings. The van der Waals surface area contributed by atoms with Crippen LogP contribution in [0.5, 0.6) is 0 Å². The van der Waals surface area contributed by atoms with Crippen LogP contribution >= 0.6 is 0 Å². The Kier molecular flexibility index (Phi) is 6.65. The van der Waals surface area contributed by atoms with Crippen molar-refractivity contribution in [2.24, 2.45) is 5.92 Å². The van der Waals surface area contributed by atoms with E-state index in [1.165, 1.54) is 32.1 Å². The Balaban J connectivity index is 2.46. The van der Waals surface area contributed by atoms with Gasteiger partial charge in [0.1, 0.15) is 0 Å². The molecule has 0 radical (unpaired) electrons. The molecule has 1 aliphatic carbocycles. The summed E-state index contributed by atoms with van der Waals surface area (Å²) in [5.74, 6) is 0.160.